The van der Waals surface area contributed by atoms with Gasteiger partial charge in [0.25, 0.3) is 0 Å². The Bertz CT molecular complexity index is 673. The third-order valence-electron chi connectivity index (χ3n) is 3.87. The van der Waals surface area contributed by atoms with Crippen molar-refractivity contribution >= 4 is 17.5 Å². The first kappa shape index (κ1) is 18.3. The molecular formula is C19H23ClN2O2. The predicted octanol–water partition coefficient (Wildman–Crippen LogP) is 3.70. The molecule has 0 aromatic heterocycles. The zero-order valence-corrected chi connectivity index (χ0v) is 14.9. The van der Waals surface area contributed by atoms with Gasteiger partial charge in [-0.1, -0.05) is 35.9 Å². The molecule has 5 heteroatoms. The van der Waals surface area contributed by atoms with Crippen molar-refractivity contribution in [3.63, 3.8) is 0 Å². The van der Waals surface area contributed by atoms with E-state index in [0.29, 0.717) is 11.6 Å². The number of ether oxygens (including phenoxy) is 1. The maximum Gasteiger partial charge on any atom is 0.237 e. The average Bonchev–Trinajstić information content (AvgIpc) is 2.60. The Kier molecular flexibility index (Phi) is 6.64. The monoisotopic (exact) mass is 346 g/mol. The molecule has 0 fully saturated rings. The zero-order valence-electron chi connectivity index (χ0n) is 14.2. The topological polar surface area (TPSA) is 50.4 Å². The number of methoxy groups -OCH3 is 1. The van der Waals surface area contributed by atoms with Crippen LogP contribution in [0.2, 0.25) is 5.02 Å². The average molecular weight is 347 g/mol. The molecule has 128 valence electrons. The molecule has 0 saturated heterocycles. The highest BCUT2D eigenvalue weighted by molar-refractivity contribution is 6.30. The Morgan fingerprint density at radius 2 is 1.88 bits per heavy atom. The molecule has 2 N–H and O–H groups in total. The summed E-state index contributed by atoms with van der Waals surface area (Å²) in [5, 5.41) is 6.92. The van der Waals surface area contributed by atoms with E-state index in [9.17, 15) is 4.79 Å². The summed E-state index contributed by atoms with van der Waals surface area (Å²) >= 11 is 6.01. The van der Waals surface area contributed by atoms with E-state index in [1.165, 1.54) is 0 Å². The van der Waals surface area contributed by atoms with E-state index in [1.807, 2.05) is 62.4 Å². The Hall–Kier alpha value is -2.04. The number of carbonyl (C=O) groups excluding carboxylic acids is 1. The molecular weight excluding hydrogens is 324 g/mol. The van der Waals surface area contributed by atoms with Crippen LogP contribution in [0.4, 0.5) is 0 Å². The smallest absolute Gasteiger partial charge is 0.237 e. The Balaban J connectivity index is 1.85. The third kappa shape index (κ3) is 5.25. The van der Waals surface area contributed by atoms with Crippen LogP contribution in [-0.2, 0) is 11.3 Å². The normalized spacial score (nSPS) is 13.2. The van der Waals surface area contributed by atoms with Gasteiger partial charge >= 0.3 is 0 Å². The highest BCUT2D eigenvalue weighted by Gasteiger charge is 2.16. The molecule has 0 aliphatic rings. The fourth-order valence-corrected chi connectivity index (χ4v) is 2.61. The molecule has 0 unspecified atom stereocenters. The first-order valence-electron chi connectivity index (χ1n) is 7.91. The molecule has 0 aliphatic carbocycles. The minimum Gasteiger partial charge on any atom is -0.497 e. The van der Waals surface area contributed by atoms with Crippen LogP contribution >= 0.6 is 11.6 Å². The van der Waals surface area contributed by atoms with Gasteiger partial charge in [-0.3, -0.25) is 10.1 Å². The van der Waals surface area contributed by atoms with Crippen molar-refractivity contribution in [2.75, 3.05) is 7.11 Å². The predicted molar refractivity (Wildman–Crippen MR) is 97.3 cm³/mol. The van der Waals surface area contributed by atoms with Crippen LogP contribution in [0.15, 0.2) is 48.5 Å². The molecule has 0 saturated carbocycles. The van der Waals surface area contributed by atoms with Gasteiger partial charge in [-0.15, -0.1) is 0 Å². The molecule has 2 atom stereocenters. The van der Waals surface area contributed by atoms with Crippen molar-refractivity contribution in [2.24, 2.45) is 0 Å². The van der Waals surface area contributed by atoms with Gasteiger partial charge in [0.2, 0.25) is 5.91 Å². The number of hydrogen-bond donors (Lipinski definition) is 2. The van der Waals surface area contributed by atoms with Gasteiger partial charge in [0.15, 0.2) is 0 Å². The molecule has 0 aliphatic heterocycles. The van der Waals surface area contributed by atoms with Crippen molar-refractivity contribution in [3.8, 4) is 5.75 Å². The van der Waals surface area contributed by atoms with Crippen LogP contribution in [0.1, 0.15) is 31.0 Å². The lowest BCUT2D eigenvalue weighted by Crippen LogP contribution is -2.42. The van der Waals surface area contributed by atoms with Crippen LogP contribution in [0.3, 0.4) is 0 Å². The largest absolute Gasteiger partial charge is 0.497 e. The van der Waals surface area contributed by atoms with Gasteiger partial charge in [-0.2, -0.15) is 0 Å². The molecule has 2 aromatic carbocycles. The standard InChI is InChI=1S/C19H23ClN2O2/c1-13(16-5-4-6-17(20)11-16)22-14(2)19(23)21-12-15-7-9-18(24-3)10-8-15/h4-11,13-14,22H,12H2,1-3H3,(H,21,23)/t13-,14+/m1/s1. The van der Waals surface area contributed by atoms with Crippen molar-refractivity contribution in [3.05, 3.63) is 64.7 Å². The van der Waals surface area contributed by atoms with Crippen LogP contribution in [0.5, 0.6) is 5.75 Å². The summed E-state index contributed by atoms with van der Waals surface area (Å²) in [5.74, 6) is 0.759. The number of carbonyl (C=O) groups is 1. The van der Waals surface area contributed by atoms with Gasteiger partial charge in [-0.05, 0) is 49.2 Å². The minimum absolute atomic E-state index is 0.0328. The van der Waals surface area contributed by atoms with E-state index >= 15 is 0 Å². The van der Waals surface area contributed by atoms with Crippen molar-refractivity contribution in [1.29, 1.82) is 0 Å². The summed E-state index contributed by atoms with van der Waals surface area (Å²) in [6.07, 6.45) is 0. The molecule has 0 bridgehead atoms. The highest BCUT2D eigenvalue weighted by Crippen LogP contribution is 2.17. The highest BCUT2D eigenvalue weighted by atomic mass is 35.5. The zero-order chi connectivity index (χ0) is 17.5. The first-order valence-corrected chi connectivity index (χ1v) is 8.29. The molecule has 0 spiro atoms. The molecule has 2 aromatic rings. The Labute approximate surface area is 148 Å². The summed E-state index contributed by atoms with van der Waals surface area (Å²) in [4.78, 5) is 12.2. The van der Waals surface area contributed by atoms with Gasteiger partial charge < -0.3 is 10.1 Å². The van der Waals surface area contributed by atoms with Crippen molar-refractivity contribution < 1.29 is 9.53 Å². The second kappa shape index (κ2) is 8.71. The van der Waals surface area contributed by atoms with Crippen LogP contribution in [-0.4, -0.2) is 19.1 Å². The lowest BCUT2D eigenvalue weighted by atomic mass is 10.1. The summed E-state index contributed by atoms with van der Waals surface area (Å²) in [6, 6.07) is 15.0. The number of nitrogens with one attached hydrogen (secondary N) is 2. The van der Waals surface area contributed by atoms with E-state index in [-0.39, 0.29) is 18.0 Å². The summed E-state index contributed by atoms with van der Waals surface area (Å²) < 4.78 is 5.12. The van der Waals surface area contributed by atoms with Crippen LogP contribution in [0.25, 0.3) is 0 Å². The van der Waals surface area contributed by atoms with Gasteiger partial charge in [0, 0.05) is 17.6 Å². The Morgan fingerprint density at radius 3 is 2.50 bits per heavy atom. The molecule has 2 rings (SSSR count). The van der Waals surface area contributed by atoms with E-state index in [4.69, 9.17) is 16.3 Å². The minimum atomic E-state index is -0.308. The maximum absolute atomic E-state index is 12.2. The lowest BCUT2D eigenvalue weighted by Gasteiger charge is -2.20. The number of halogens is 1. The quantitative estimate of drug-likeness (QED) is 0.803. The second-order valence-electron chi connectivity index (χ2n) is 5.73. The first-order chi connectivity index (χ1) is 11.5. The Morgan fingerprint density at radius 1 is 1.17 bits per heavy atom. The fourth-order valence-electron chi connectivity index (χ4n) is 2.41. The van der Waals surface area contributed by atoms with Gasteiger partial charge in [0.1, 0.15) is 5.75 Å². The lowest BCUT2D eigenvalue weighted by molar-refractivity contribution is -0.123. The second-order valence-corrected chi connectivity index (χ2v) is 6.17. The summed E-state index contributed by atoms with van der Waals surface area (Å²) in [5.41, 5.74) is 2.08. The van der Waals surface area contributed by atoms with E-state index in [2.05, 4.69) is 10.6 Å². The number of hydrogen-bond acceptors (Lipinski definition) is 3. The van der Waals surface area contributed by atoms with E-state index in [1.54, 1.807) is 7.11 Å². The van der Waals surface area contributed by atoms with Crippen molar-refractivity contribution in [2.45, 2.75) is 32.5 Å². The third-order valence-corrected chi connectivity index (χ3v) is 4.10. The maximum atomic E-state index is 12.2. The summed E-state index contributed by atoms with van der Waals surface area (Å²) in [6.45, 7) is 4.35. The molecule has 1 amide bonds. The molecule has 24 heavy (non-hydrogen) atoms. The molecule has 0 heterocycles. The van der Waals surface area contributed by atoms with Crippen LogP contribution < -0.4 is 15.4 Å². The van der Waals surface area contributed by atoms with Crippen molar-refractivity contribution in [1.82, 2.24) is 10.6 Å². The molecule has 4 nitrogen and oxygen atoms in total. The SMILES string of the molecule is COc1ccc(CNC(=O)[C@H](C)N[C@H](C)c2cccc(Cl)c2)cc1. The number of amides is 1. The van der Waals surface area contributed by atoms with E-state index in [0.717, 1.165) is 16.9 Å². The summed E-state index contributed by atoms with van der Waals surface area (Å²) in [7, 11) is 1.63. The van der Waals surface area contributed by atoms with Crippen LogP contribution in [0, 0.1) is 0 Å². The number of rotatable bonds is 7. The number of benzene rings is 2. The fraction of sp³-hybridized carbons (Fsp3) is 0.316. The van der Waals surface area contributed by atoms with Gasteiger partial charge in [0.05, 0.1) is 13.2 Å². The van der Waals surface area contributed by atoms with Gasteiger partial charge in [-0.25, -0.2) is 0 Å². The molecule has 0 radical (unpaired) electrons. The van der Waals surface area contributed by atoms with E-state index < -0.39 is 0 Å².